The normalized spacial score (nSPS) is 10.8. The summed E-state index contributed by atoms with van der Waals surface area (Å²) in [4.78, 5) is 4.54. The smallest absolute Gasteiger partial charge is 0.198 e. The molecule has 1 aromatic carbocycles. The largest absolute Gasteiger partial charge is 0.493 e. The Morgan fingerprint density at radius 1 is 1.21 bits per heavy atom. The average Bonchev–Trinajstić information content (AvgIpc) is 2.80. The van der Waals surface area contributed by atoms with Crippen molar-refractivity contribution in [1.29, 1.82) is 0 Å². The molecule has 2 aromatic heterocycles. The molecule has 0 aliphatic heterocycles. The third-order valence-electron chi connectivity index (χ3n) is 3.04. The Morgan fingerprint density at radius 3 is 2.89 bits per heavy atom. The van der Waals surface area contributed by atoms with Crippen LogP contribution < -0.4 is 4.74 Å². The Morgan fingerprint density at radius 2 is 2.11 bits per heavy atom. The van der Waals surface area contributed by atoms with Crippen molar-refractivity contribution in [3.8, 4) is 5.75 Å². The lowest BCUT2D eigenvalue weighted by molar-refractivity contribution is 0.416. The average molecular weight is 253 g/mol. The highest BCUT2D eigenvalue weighted by Gasteiger charge is 2.08. The lowest BCUT2D eigenvalue weighted by Gasteiger charge is -1.98. The molecule has 3 rings (SSSR count). The van der Waals surface area contributed by atoms with E-state index in [1.54, 1.807) is 11.6 Å². The summed E-state index contributed by atoms with van der Waals surface area (Å²) < 4.78 is 7.04. The minimum atomic E-state index is 0.729. The molecule has 0 N–H and O–H groups in total. The van der Waals surface area contributed by atoms with Crippen LogP contribution in [0.1, 0.15) is 17.0 Å². The monoisotopic (exact) mass is 253 g/mol. The quantitative estimate of drug-likeness (QED) is 0.720. The molecule has 2 heterocycles. The second kappa shape index (κ2) is 4.72. The van der Waals surface area contributed by atoms with E-state index in [9.17, 15) is 0 Å². The highest BCUT2D eigenvalue weighted by atomic mass is 16.5. The van der Waals surface area contributed by atoms with Crippen LogP contribution in [0, 0.1) is 6.92 Å². The van der Waals surface area contributed by atoms with Crippen molar-refractivity contribution in [3.63, 3.8) is 0 Å². The van der Waals surface area contributed by atoms with Crippen molar-refractivity contribution in [2.75, 3.05) is 7.11 Å². The van der Waals surface area contributed by atoms with Crippen molar-refractivity contribution < 1.29 is 4.74 Å². The molecule has 0 saturated carbocycles. The maximum Gasteiger partial charge on any atom is 0.198 e. The van der Waals surface area contributed by atoms with Gasteiger partial charge >= 0.3 is 0 Å². The molecule has 0 fully saturated rings. The Kier molecular flexibility index (Phi) is 2.91. The summed E-state index contributed by atoms with van der Waals surface area (Å²) in [5, 5.41) is 4.47. The fourth-order valence-electron chi connectivity index (χ4n) is 2.16. The number of aromatic nitrogens is 3. The van der Waals surface area contributed by atoms with Crippen LogP contribution in [0.5, 0.6) is 5.75 Å². The molecule has 0 amide bonds. The number of benzene rings is 1. The molecule has 0 aliphatic rings. The highest BCUT2D eigenvalue weighted by molar-refractivity contribution is 5.52. The second-order valence-electron chi connectivity index (χ2n) is 4.54. The standard InChI is InChI=1S/C15H15N3O/c1-11-5-3-6-12(9-11)10-14-16-15-13(19-2)7-4-8-18(15)17-14/h3-9H,10H2,1-2H3. The minimum Gasteiger partial charge on any atom is -0.493 e. The number of methoxy groups -OCH3 is 1. The van der Waals surface area contributed by atoms with Crippen molar-refractivity contribution >= 4 is 5.65 Å². The van der Waals surface area contributed by atoms with Gasteiger partial charge in [-0.25, -0.2) is 9.50 Å². The van der Waals surface area contributed by atoms with Crippen molar-refractivity contribution in [2.45, 2.75) is 13.3 Å². The first-order valence-electron chi connectivity index (χ1n) is 6.20. The molecular formula is C15H15N3O. The maximum absolute atomic E-state index is 5.29. The van der Waals surface area contributed by atoms with Crippen LogP contribution in [0.4, 0.5) is 0 Å². The van der Waals surface area contributed by atoms with E-state index >= 15 is 0 Å². The van der Waals surface area contributed by atoms with Gasteiger partial charge in [-0.15, -0.1) is 0 Å². The SMILES string of the molecule is COc1cccn2nc(Cc3cccc(C)c3)nc12. The van der Waals surface area contributed by atoms with Gasteiger partial charge in [0, 0.05) is 12.6 Å². The number of ether oxygens (including phenoxy) is 1. The summed E-state index contributed by atoms with van der Waals surface area (Å²) in [6, 6.07) is 12.2. The van der Waals surface area contributed by atoms with Crippen molar-refractivity contribution in [1.82, 2.24) is 14.6 Å². The Labute approximate surface area is 111 Å². The number of rotatable bonds is 3. The van der Waals surface area contributed by atoms with E-state index in [-0.39, 0.29) is 0 Å². The maximum atomic E-state index is 5.29. The lowest BCUT2D eigenvalue weighted by atomic mass is 10.1. The van der Waals surface area contributed by atoms with Gasteiger partial charge in [0.05, 0.1) is 7.11 Å². The zero-order chi connectivity index (χ0) is 13.2. The summed E-state index contributed by atoms with van der Waals surface area (Å²) in [7, 11) is 1.64. The van der Waals surface area contributed by atoms with Gasteiger partial charge in [-0.1, -0.05) is 29.8 Å². The number of aryl methyl sites for hydroxylation is 1. The fraction of sp³-hybridized carbons (Fsp3) is 0.200. The van der Waals surface area contributed by atoms with E-state index in [4.69, 9.17) is 4.74 Å². The molecule has 0 bridgehead atoms. The van der Waals surface area contributed by atoms with Gasteiger partial charge in [0.1, 0.15) is 0 Å². The summed E-state index contributed by atoms with van der Waals surface area (Å²) in [5.74, 6) is 1.54. The zero-order valence-corrected chi connectivity index (χ0v) is 11.0. The highest BCUT2D eigenvalue weighted by Crippen LogP contribution is 2.17. The topological polar surface area (TPSA) is 39.4 Å². The number of pyridine rings is 1. The first-order chi connectivity index (χ1) is 9.26. The van der Waals surface area contributed by atoms with Crippen LogP contribution in [0.2, 0.25) is 0 Å². The predicted octanol–water partition coefficient (Wildman–Crippen LogP) is 2.64. The van der Waals surface area contributed by atoms with Crippen molar-refractivity contribution in [2.24, 2.45) is 0 Å². The van der Waals surface area contributed by atoms with E-state index in [0.717, 1.165) is 23.6 Å². The van der Waals surface area contributed by atoms with Crippen LogP contribution in [0.3, 0.4) is 0 Å². The Balaban J connectivity index is 1.98. The Hall–Kier alpha value is -2.36. The van der Waals surface area contributed by atoms with Gasteiger partial charge in [-0.3, -0.25) is 0 Å². The van der Waals surface area contributed by atoms with Gasteiger partial charge in [0.25, 0.3) is 0 Å². The lowest BCUT2D eigenvalue weighted by Crippen LogP contribution is -1.92. The first kappa shape index (κ1) is 11.7. The molecule has 0 aliphatic carbocycles. The molecule has 0 saturated heterocycles. The molecule has 0 spiro atoms. The van der Waals surface area contributed by atoms with Gasteiger partial charge < -0.3 is 4.74 Å². The van der Waals surface area contributed by atoms with Crippen LogP contribution in [-0.2, 0) is 6.42 Å². The van der Waals surface area contributed by atoms with Gasteiger partial charge in [0.2, 0.25) is 0 Å². The predicted molar refractivity (Wildman–Crippen MR) is 73.5 cm³/mol. The van der Waals surface area contributed by atoms with Crippen LogP contribution in [-0.4, -0.2) is 21.7 Å². The van der Waals surface area contributed by atoms with E-state index < -0.39 is 0 Å². The van der Waals surface area contributed by atoms with Gasteiger partial charge in [0.15, 0.2) is 17.2 Å². The first-order valence-corrected chi connectivity index (χ1v) is 6.20. The van der Waals surface area contributed by atoms with E-state index in [1.165, 1.54) is 11.1 Å². The number of fused-ring (bicyclic) bond motifs is 1. The summed E-state index contributed by atoms with van der Waals surface area (Å²) >= 11 is 0. The van der Waals surface area contributed by atoms with E-state index in [1.807, 2.05) is 18.3 Å². The van der Waals surface area contributed by atoms with Crippen molar-refractivity contribution in [3.05, 3.63) is 59.5 Å². The zero-order valence-electron chi connectivity index (χ0n) is 11.0. The molecule has 3 aromatic rings. The van der Waals surface area contributed by atoms with E-state index in [0.29, 0.717) is 0 Å². The third kappa shape index (κ3) is 2.29. The van der Waals surface area contributed by atoms with Gasteiger partial charge in [-0.05, 0) is 24.6 Å². The van der Waals surface area contributed by atoms with Crippen LogP contribution in [0.15, 0.2) is 42.6 Å². The molecule has 0 atom stereocenters. The molecular weight excluding hydrogens is 238 g/mol. The van der Waals surface area contributed by atoms with Gasteiger partial charge in [-0.2, -0.15) is 5.10 Å². The molecule has 96 valence electrons. The Bertz CT molecular complexity index is 718. The van der Waals surface area contributed by atoms with E-state index in [2.05, 4.69) is 41.3 Å². The molecule has 4 nitrogen and oxygen atoms in total. The molecule has 0 radical (unpaired) electrons. The molecule has 0 unspecified atom stereocenters. The summed E-state index contributed by atoms with van der Waals surface area (Å²) in [6.07, 6.45) is 2.61. The number of hydrogen-bond acceptors (Lipinski definition) is 3. The minimum absolute atomic E-state index is 0.729. The van der Waals surface area contributed by atoms with Crippen LogP contribution in [0.25, 0.3) is 5.65 Å². The second-order valence-corrected chi connectivity index (χ2v) is 4.54. The fourth-order valence-corrected chi connectivity index (χ4v) is 2.16. The summed E-state index contributed by atoms with van der Waals surface area (Å²) in [5.41, 5.74) is 3.22. The van der Waals surface area contributed by atoms with Crippen LogP contribution >= 0.6 is 0 Å². The summed E-state index contributed by atoms with van der Waals surface area (Å²) in [6.45, 7) is 2.09. The third-order valence-corrected chi connectivity index (χ3v) is 3.04. The number of nitrogens with zero attached hydrogens (tertiary/aromatic N) is 3. The molecule has 19 heavy (non-hydrogen) atoms. The molecule has 4 heteroatoms. The number of hydrogen-bond donors (Lipinski definition) is 0.